The summed E-state index contributed by atoms with van der Waals surface area (Å²) >= 11 is 0. The van der Waals surface area contributed by atoms with Gasteiger partial charge in [-0.25, -0.2) is 4.79 Å². The number of carbonyl (C=O) groups is 1. The topological polar surface area (TPSA) is 78.2 Å². The van der Waals surface area contributed by atoms with Crippen molar-refractivity contribution in [2.45, 2.75) is 44.4 Å². The SMILES string of the molecule is COC(=O)c1ccc(Oc2c(C(F)(F)F)oc3c4c(ccc3c2=O)OCN(C2CCCC2)C4)cc1. The van der Waals surface area contributed by atoms with Gasteiger partial charge in [0.2, 0.25) is 11.2 Å². The third kappa shape index (κ3) is 4.34. The number of hydrogen-bond acceptors (Lipinski definition) is 7. The fraction of sp³-hybridized carbons (Fsp3) is 0.360. The van der Waals surface area contributed by atoms with Gasteiger partial charge >= 0.3 is 12.1 Å². The molecule has 0 amide bonds. The highest BCUT2D eigenvalue weighted by Crippen LogP contribution is 2.41. The van der Waals surface area contributed by atoms with Gasteiger partial charge in [-0.3, -0.25) is 9.69 Å². The average molecular weight is 489 g/mol. The highest BCUT2D eigenvalue weighted by atomic mass is 19.4. The summed E-state index contributed by atoms with van der Waals surface area (Å²) in [6.07, 6.45) is -0.809. The smallest absolute Gasteiger partial charge is 0.453 e. The molecule has 2 aliphatic rings. The first-order valence-corrected chi connectivity index (χ1v) is 11.2. The van der Waals surface area contributed by atoms with Crippen LogP contribution >= 0.6 is 0 Å². The number of hydrogen-bond donors (Lipinski definition) is 0. The molecule has 2 aromatic carbocycles. The molecule has 5 rings (SSSR count). The van der Waals surface area contributed by atoms with E-state index in [0.717, 1.165) is 25.7 Å². The lowest BCUT2D eigenvalue weighted by atomic mass is 10.1. The first-order chi connectivity index (χ1) is 16.8. The minimum Gasteiger partial charge on any atom is -0.478 e. The number of carbonyl (C=O) groups excluding carboxylic acids is 1. The molecular formula is C25H22F3NO6. The number of esters is 1. The van der Waals surface area contributed by atoms with Gasteiger partial charge in [0.05, 0.1) is 23.6 Å². The van der Waals surface area contributed by atoms with Crippen LogP contribution in [-0.2, 0) is 17.5 Å². The van der Waals surface area contributed by atoms with Crippen LogP contribution in [0.2, 0.25) is 0 Å². The van der Waals surface area contributed by atoms with Crippen LogP contribution in [0, 0.1) is 0 Å². The molecule has 1 aromatic heterocycles. The fourth-order valence-electron chi connectivity index (χ4n) is 4.64. The molecule has 1 saturated carbocycles. The van der Waals surface area contributed by atoms with Gasteiger partial charge in [0.25, 0.3) is 5.76 Å². The summed E-state index contributed by atoms with van der Waals surface area (Å²) in [5.74, 6) is -2.78. The van der Waals surface area contributed by atoms with Gasteiger partial charge in [-0.1, -0.05) is 12.8 Å². The molecule has 2 heterocycles. The van der Waals surface area contributed by atoms with Crippen molar-refractivity contribution in [1.29, 1.82) is 0 Å². The van der Waals surface area contributed by atoms with Crippen molar-refractivity contribution in [2.75, 3.05) is 13.8 Å². The summed E-state index contributed by atoms with van der Waals surface area (Å²) in [5.41, 5.74) is -0.510. The zero-order valence-corrected chi connectivity index (χ0v) is 18.8. The van der Waals surface area contributed by atoms with Crippen molar-refractivity contribution in [2.24, 2.45) is 0 Å². The van der Waals surface area contributed by atoms with Gasteiger partial charge in [-0.15, -0.1) is 0 Å². The van der Waals surface area contributed by atoms with Crippen LogP contribution < -0.4 is 14.9 Å². The molecule has 0 N–H and O–H groups in total. The highest BCUT2D eigenvalue weighted by molar-refractivity contribution is 5.89. The number of methoxy groups -OCH3 is 1. The molecule has 0 radical (unpaired) electrons. The molecule has 10 heteroatoms. The predicted molar refractivity (Wildman–Crippen MR) is 119 cm³/mol. The van der Waals surface area contributed by atoms with Crippen molar-refractivity contribution < 1.29 is 36.6 Å². The lowest BCUT2D eigenvalue weighted by molar-refractivity contribution is -0.154. The molecule has 3 aromatic rings. The standard InChI is InChI=1S/C25H22F3NO6/c1-32-24(31)14-6-8-16(9-7-14)34-22-20(30)17-10-11-19-18(21(17)35-23(22)25(26,27)28)12-29(13-33-19)15-4-2-3-5-15/h6-11,15H,2-5,12-13H2,1H3. The second-order valence-electron chi connectivity index (χ2n) is 8.58. The van der Waals surface area contributed by atoms with E-state index in [0.29, 0.717) is 24.6 Å². The van der Waals surface area contributed by atoms with E-state index in [1.807, 2.05) is 0 Å². The zero-order chi connectivity index (χ0) is 24.7. The predicted octanol–water partition coefficient (Wildman–Crippen LogP) is 5.49. The first-order valence-electron chi connectivity index (χ1n) is 11.2. The third-order valence-corrected chi connectivity index (χ3v) is 6.42. The maximum Gasteiger partial charge on any atom is 0.453 e. The maximum atomic E-state index is 14.0. The molecule has 0 saturated heterocycles. The van der Waals surface area contributed by atoms with E-state index in [9.17, 15) is 22.8 Å². The van der Waals surface area contributed by atoms with Crippen LogP contribution in [0.4, 0.5) is 13.2 Å². The average Bonchev–Trinajstić information content (AvgIpc) is 3.39. The molecule has 35 heavy (non-hydrogen) atoms. The van der Waals surface area contributed by atoms with Crippen molar-refractivity contribution in [3.8, 4) is 17.2 Å². The second-order valence-corrected chi connectivity index (χ2v) is 8.58. The Balaban J connectivity index is 1.58. The fourth-order valence-corrected chi connectivity index (χ4v) is 4.64. The molecule has 0 unspecified atom stereocenters. The van der Waals surface area contributed by atoms with Gasteiger partial charge in [-0.2, -0.15) is 13.2 Å². The van der Waals surface area contributed by atoms with Crippen LogP contribution in [0.25, 0.3) is 11.0 Å². The van der Waals surface area contributed by atoms with Gasteiger partial charge in [-0.05, 0) is 49.2 Å². The van der Waals surface area contributed by atoms with Crippen LogP contribution in [0.3, 0.4) is 0 Å². The normalized spacial score (nSPS) is 16.7. The van der Waals surface area contributed by atoms with Crippen molar-refractivity contribution >= 4 is 16.9 Å². The molecule has 1 aliphatic carbocycles. The second kappa shape index (κ2) is 8.92. The molecular weight excluding hydrogens is 467 g/mol. The first kappa shape index (κ1) is 23.2. The van der Waals surface area contributed by atoms with E-state index < -0.39 is 29.1 Å². The van der Waals surface area contributed by atoms with Gasteiger partial charge < -0.3 is 18.6 Å². The van der Waals surface area contributed by atoms with Crippen molar-refractivity contribution in [3.63, 3.8) is 0 Å². The number of ether oxygens (including phenoxy) is 3. The lowest BCUT2D eigenvalue weighted by Crippen LogP contribution is -2.39. The lowest BCUT2D eigenvalue weighted by Gasteiger charge is -2.33. The summed E-state index contributed by atoms with van der Waals surface area (Å²) in [7, 11) is 1.21. The van der Waals surface area contributed by atoms with E-state index in [-0.39, 0.29) is 28.3 Å². The Morgan fingerprint density at radius 3 is 2.46 bits per heavy atom. The Kier molecular flexibility index (Phi) is 5.92. The quantitative estimate of drug-likeness (QED) is 0.449. The Labute approximate surface area is 198 Å². The van der Waals surface area contributed by atoms with E-state index >= 15 is 0 Å². The largest absolute Gasteiger partial charge is 0.478 e. The zero-order valence-electron chi connectivity index (χ0n) is 18.8. The molecule has 0 bridgehead atoms. The van der Waals surface area contributed by atoms with E-state index in [4.69, 9.17) is 13.9 Å². The Bertz CT molecular complexity index is 1330. The molecule has 0 spiro atoms. The van der Waals surface area contributed by atoms with Gasteiger partial charge in [0, 0.05) is 12.6 Å². The Morgan fingerprint density at radius 1 is 1.09 bits per heavy atom. The summed E-state index contributed by atoms with van der Waals surface area (Å²) in [6, 6.07) is 8.43. The summed E-state index contributed by atoms with van der Waals surface area (Å²) in [5, 5.41) is -0.0326. The third-order valence-electron chi connectivity index (χ3n) is 6.42. The summed E-state index contributed by atoms with van der Waals surface area (Å²) in [6.45, 7) is 0.662. The van der Waals surface area contributed by atoms with Crippen LogP contribution in [0.1, 0.15) is 47.4 Å². The minimum absolute atomic E-state index is 0.0326. The van der Waals surface area contributed by atoms with Crippen molar-refractivity contribution in [1.82, 2.24) is 4.90 Å². The Morgan fingerprint density at radius 2 is 1.80 bits per heavy atom. The molecule has 1 fully saturated rings. The van der Waals surface area contributed by atoms with Crippen LogP contribution in [-0.4, -0.2) is 30.8 Å². The summed E-state index contributed by atoms with van der Waals surface area (Å²) in [4.78, 5) is 26.9. The van der Waals surface area contributed by atoms with Crippen LogP contribution in [0.15, 0.2) is 45.6 Å². The monoisotopic (exact) mass is 489 g/mol. The number of halogens is 3. The number of nitrogens with zero attached hydrogens (tertiary/aromatic N) is 1. The maximum absolute atomic E-state index is 14.0. The molecule has 1 aliphatic heterocycles. The van der Waals surface area contributed by atoms with Crippen molar-refractivity contribution in [3.05, 3.63) is 63.5 Å². The van der Waals surface area contributed by atoms with Crippen LogP contribution in [0.5, 0.6) is 17.2 Å². The van der Waals surface area contributed by atoms with E-state index in [1.54, 1.807) is 6.07 Å². The van der Waals surface area contributed by atoms with Gasteiger partial charge in [0.15, 0.2) is 0 Å². The Hall–Kier alpha value is -3.53. The number of benzene rings is 2. The number of fused-ring (bicyclic) bond motifs is 3. The van der Waals surface area contributed by atoms with E-state index in [1.165, 1.54) is 37.4 Å². The highest BCUT2D eigenvalue weighted by Gasteiger charge is 2.41. The molecule has 184 valence electrons. The van der Waals surface area contributed by atoms with E-state index in [2.05, 4.69) is 9.64 Å². The van der Waals surface area contributed by atoms with Gasteiger partial charge in [0.1, 0.15) is 23.8 Å². The molecule has 0 atom stereocenters. The minimum atomic E-state index is -4.99. The number of rotatable bonds is 4. The molecule has 7 nitrogen and oxygen atoms in total. The summed E-state index contributed by atoms with van der Waals surface area (Å²) < 4.78 is 63.2. The number of alkyl halides is 3.